The van der Waals surface area contributed by atoms with Crippen LogP contribution in [0.15, 0.2) is 45.6 Å². The van der Waals surface area contributed by atoms with Gasteiger partial charge in [-0.25, -0.2) is 9.59 Å². The number of para-hydroxylation sites is 1. The number of benzene rings is 2. The number of fused-ring (bicyclic) bond motifs is 1. The highest BCUT2D eigenvalue weighted by molar-refractivity contribution is 6.02. The molecule has 0 aliphatic rings. The number of aryl methyl sites for hydroxylation is 1. The van der Waals surface area contributed by atoms with E-state index in [1.165, 1.54) is 18.2 Å². The van der Waals surface area contributed by atoms with E-state index in [1.54, 1.807) is 32.0 Å². The van der Waals surface area contributed by atoms with Gasteiger partial charge in [-0.15, -0.1) is 0 Å². The standard InChI is InChI=1S/C21H19NO7/c1-3-28-20(26)13-6-4-5-7-15(13)22-17(24)10-14-11(2)12-8-9-16(23)18(25)19(12)29-21(14)27/h4-9,23,25H,3,10H2,1-2H3,(H,22,24). The van der Waals surface area contributed by atoms with Crippen LogP contribution in [0.1, 0.15) is 28.4 Å². The minimum absolute atomic E-state index is 0.105. The number of carbonyl (C=O) groups excluding carboxylic acids is 2. The minimum Gasteiger partial charge on any atom is -0.504 e. The van der Waals surface area contributed by atoms with Crippen molar-refractivity contribution in [2.45, 2.75) is 20.3 Å². The average Bonchev–Trinajstić information content (AvgIpc) is 2.69. The van der Waals surface area contributed by atoms with E-state index in [9.17, 15) is 24.6 Å². The van der Waals surface area contributed by atoms with Crippen LogP contribution in [-0.4, -0.2) is 28.7 Å². The van der Waals surface area contributed by atoms with Crippen LogP contribution < -0.4 is 10.9 Å². The van der Waals surface area contributed by atoms with Gasteiger partial charge in [0.05, 0.1) is 29.8 Å². The quantitative estimate of drug-likeness (QED) is 0.343. The molecule has 29 heavy (non-hydrogen) atoms. The van der Waals surface area contributed by atoms with Crippen molar-refractivity contribution < 1.29 is 29.0 Å². The summed E-state index contributed by atoms with van der Waals surface area (Å²) in [4.78, 5) is 36.9. The van der Waals surface area contributed by atoms with Crippen molar-refractivity contribution in [2.24, 2.45) is 0 Å². The van der Waals surface area contributed by atoms with Crippen molar-refractivity contribution in [1.29, 1.82) is 0 Å². The number of nitrogens with one attached hydrogen (secondary N) is 1. The van der Waals surface area contributed by atoms with Gasteiger partial charge in [0.1, 0.15) is 0 Å². The van der Waals surface area contributed by atoms with Crippen molar-refractivity contribution in [3.8, 4) is 11.5 Å². The predicted molar refractivity (Wildman–Crippen MR) is 105 cm³/mol. The van der Waals surface area contributed by atoms with E-state index in [0.29, 0.717) is 10.9 Å². The molecule has 0 aliphatic carbocycles. The molecule has 3 aromatic rings. The second kappa shape index (κ2) is 8.05. The molecular weight excluding hydrogens is 378 g/mol. The second-order valence-corrected chi connectivity index (χ2v) is 6.29. The van der Waals surface area contributed by atoms with Gasteiger partial charge < -0.3 is 24.7 Å². The molecule has 0 unspecified atom stereocenters. The van der Waals surface area contributed by atoms with Crippen molar-refractivity contribution in [2.75, 3.05) is 11.9 Å². The molecule has 0 bridgehead atoms. The lowest BCUT2D eigenvalue weighted by Gasteiger charge is -2.12. The Morgan fingerprint density at radius 3 is 2.59 bits per heavy atom. The molecule has 0 saturated carbocycles. The van der Waals surface area contributed by atoms with Gasteiger partial charge in [0, 0.05) is 5.39 Å². The third-order valence-electron chi connectivity index (χ3n) is 4.44. The zero-order valence-electron chi connectivity index (χ0n) is 15.8. The van der Waals surface area contributed by atoms with Gasteiger partial charge in [-0.05, 0) is 43.7 Å². The first-order valence-corrected chi connectivity index (χ1v) is 8.86. The van der Waals surface area contributed by atoms with E-state index in [-0.39, 0.29) is 35.4 Å². The maximum Gasteiger partial charge on any atom is 0.340 e. The molecule has 8 nitrogen and oxygen atoms in total. The zero-order valence-corrected chi connectivity index (χ0v) is 15.8. The number of phenolic OH excluding ortho intramolecular Hbond substituents is 2. The Bertz CT molecular complexity index is 1160. The number of rotatable bonds is 5. The molecule has 1 heterocycles. The van der Waals surface area contributed by atoms with E-state index in [0.717, 1.165) is 0 Å². The van der Waals surface area contributed by atoms with Crippen LogP contribution in [0.3, 0.4) is 0 Å². The molecule has 3 N–H and O–H groups in total. The van der Waals surface area contributed by atoms with Crippen LogP contribution >= 0.6 is 0 Å². The first kappa shape index (κ1) is 19.9. The topological polar surface area (TPSA) is 126 Å². The third-order valence-corrected chi connectivity index (χ3v) is 4.44. The SMILES string of the molecule is CCOC(=O)c1ccccc1NC(=O)Cc1c(C)c2ccc(O)c(O)c2oc1=O. The van der Waals surface area contributed by atoms with Crippen molar-refractivity contribution >= 4 is 28.5 Å². The summed E-state index contributed by atoms with van der Waals surface area (Å²) < 4.78 is 10.1. The summed E-state index contributed by atoms with van der Waals surface area (Å²) >= 11 is 0. The van der Waals surface area contributed by atoms with Crippen LogP contribution in [0, 0.1) is 6.92 Å². The molecule has 0 atom stereocenters. The Morgan fingerprint density at radius 2 is 1.86 bits per heavy atom. The molecule has 2 aromatic carbocycles. The van der Waals surface area contributed by atoms with Crippen LogP contribution in [0.2, 0.25) is 0 Å². The molecule has 3 rings (SSSR count). The number of hydrogen-bond acceptors (Lipinski definition) is 7. The van der Waals surface area contributed by atoms with Gasteiger partial charge in [0.2, 0.25) is 11.7 Å². The minimum atomic E-state index is -0.801. The lowest BCUT2D eigenvalue weighted by Crippen LogP contribution is -2.22. The van der Waals surface area contributed by atoms with Gasteiger partial charge in [-0.2, -0.15) is 0 Å². The molecule has 8 heteroatoms. The monoisotopic (exact) mass is 397 g/mol. The highest BCUT2D eigenvalue weighted by atomic mass is 16.5. The number of esters is 1. The van der Waals surface area contributed by atoms with Crippen molar-refractivity contribution in [3.05, 3.63) is 63.5 Å². The van der Waals surface area contributed by atoms with Crippen LogP contribution in [-0.2, 0) is 16.0 Å². The summed E-state index contributed by atoms with van der Waals surface area (Å²) in [7, 11) is 0. The molecule has 0 aliphatic heterocycles. The van der Waals surface area contributed by atoms with Crippen molar-refractivity contribution in [3.63, 3.8) is 0 Å². The Balaban J connectivity index is 1.91. The van der Waals surface area contributed by atoms with Gasteiger partial charge in [-0.1, -0.05) is 12.1 Å². The molecule has 0 spiro atoms. The Morgan fingerprint density at radius 1 is 1.14 bits per heavy atom. The zero-order chi connectivity index (χ0) is 21.1. The molecule has 1 amide bonds. The van der Waals surface area contributed by atoms with E-state index in [1.807, 2.05) is 0 Å². The van der Waals surface area contributed by atoms with Gasteiger partial charge in [-0.3, -0.25) is 4.79 Å². The van der Waals surface area contributed by atoms with Crippen LogP contribution in [0.25, 0.3) is 11.0 Å². The maximum absolute atomic E-state index is 12.5. The normalized spacial score (nSPS) is 10.7. The first-order valence-electron chi connectivity index (χ1n) is 8.86. The molecule has 0 radical (unpaired) electrons. The molecule has 0 saturated heterocycles. The Labute approximate surface area is 165 Å². The fourth-order valence-corrected chi connectivity index (χ4v) is 2.97. The molecule has 1 aromatic heterocycles. The fourth-order valence-electron chi connectivity index (χ4n) is 2.97. The van der Waals surface area contributed by atoms with E-state index < -0.39 is 29.0 Å². The number of ether oxygens (including phenoxy) is 1. The molecule has 0 fully saturated rings. The number of phenols is 2. The summed E-state index contributed by atoms with van der Waals surface area (Å²) in [6.45, 7) is 3.49. The Hall–Kier alpha value is -3.81. The predicted octanol–water partition coefficient (Wildman–Crippen LogP) is 2.87. The summed E-state index contributed by atoms with van der Waals surface area (Å²) in [5.41, 5.74) is 0.0647. The summed E-state index contributed by atoms with van der Waals surface area (Å²) in [5.74, 6) is -2.05. The van der Waals surface area contributed by atoms with Crippen LogP contribution in [0.4, 0.5) is 5.69 Å². The maximum atomic E-state index is 12.5. The smallest absolute Gasteiger partial charge is 0.340 e. The van der Waals surface area contributed by atoms with Crippen molar-refractivity contribution in [1.82, 2.24) is 0 Å². The van der Waals surface area contributed by atoms with Crippen LogP contribution in [0.5, 0.6) is 11.5 Å². The lowest BCUT2D eigenvalue weighted by molar-refractivity contribution is -0.115. The number of hydrogen-bond donors (Lipinski definition) is 3. The highest BCUT2D eigenvalue weighted by Gasteiger charge is 2.19. The van der Waals surface area contributed by atoms with E-state index in [2.05, 4.69) is 5.32 Å². The second-order valence-electron chi connectivity index (χ2n) is 6.29. The first-order chi connectivity index (χ1) is 13.8. The third kappa shape index (κ3) is 3.91. The van der Waals surface area contributed by atoms with E-state index >= 15 is 0 Å². The number of anilines is 1. The number of aromatic hydroxyl groups is 2. The van der Waals surface area contributed by atoms with Gasteiger partial charge >= 0.3 is 11.6 Å². The highest BCUT2D eigenvalue weighted by Crippen LogP contribution is 2.34. The molecular formula is C21H19NO7. The fraction of sp³-hybridized carbons (Fsp3) is 0.190. The summed E-state index contributed by atoms with van der Waals surface area (Å²) in [5, 5.41) is 22.5. The average molecular weight is 397 g/mol. The largest absolute Gasteiger partial charge is 0.504 e. The number of amides is 1. The lowest BCUT2D eigenvalue weighted by atomic mass is 10.0. The van der Waals surface area contributed by atoms with Gasteiger partial charge in [0.15, 0.2) is 11.3 Å². The van der Waals surface area contributed by atoms with Gasteiger partial charge in [0.25, 0.3) is 0 Å². The summed E-state index contributed by atoms with van der Waals surface area (Å²) in [6.07, 6.45) is -0.303. The summed E-state index contributed by atoms with van der Waals surface area (Å²) in [6, 6.07) is 9.14. The van der Waals surface area contributed by atoms with E-state index in [4.69, 9.17) is 9.15 Å². The number of carbonyl (C=O) groups is 2. The Kier molecular flexibility index (Phi) is 5.54. The molecule has 150 valence electrons.